The van der Waals surface area contributed by atoms with Crippen molar-refractivity contribution in [3.8, 4) is 0 Å². The standard InChI is InChI=1S/C7H5Br/c8-6-7-4-2-1-3-5-7/h1-5H. The van der Waals surface area contributed by atoms with Gasteiger partial charge >= 0.3 is 0 Å². The first-order valence-corrected chi connectivity index (χ1v) is 3.14. The van der Waals surface area contributed by atoms with E-state index < -0.39 is 0 Å². The summed E-state index contributed by atoms with van der Waals surface area (Å²) >= 11 is 3.11. The second kappa shape index (κ2) is 2.88. The molecule has 0 amide bonds. The first-order valence-electron chi connectivity index (χ1n) is 2.35. The van der Waals surface area contributed by atoms with Crippen molar-refractivity contribution in [3.63, 3.8) is 0 Å². The summed E-state index contributed by atoms with van der Waals surface area (Å²) in [5.74, 6) is 0. The van der Waals surface area contributed by atoms with Crippen molar-refractivity contribution in [1.82, 2.24) is 0 Å². The summed E-state index contributed by atoms with van der Waals surface area (Å²) < 4.78 is 0. The van der Waals surface area contributed by atoms with Gasteiger partial charge in [0.15, 0.2) is 0 Å². The molecule has 40 valence electrons. The van der Waals surface area contributed by atoms with E-state index in [1.807, 2.05) is 30.3 Å². The Morgan fingerprint density at radius 2 is 1.75 bits per heavy atom. The Bertz CT molecular complexity index is 146. The Morgan fingerprint density at radius 3 is 2.12 bits per heavy atom. The first-order chi connectivity index (χ1) is 3.93. The Morgan fingerprint density at radius 1 is 1.12 bits per heavy atom. The van der Waals surface area contributed by atoms with E-state index in [9.17, 15) is 0 Å². The van der Waals surface area contributed by atoms with Crippen LogP contribution >= 0.6 is 15.9 Å². The normalized spacial score (nSPS) is 9.12. The highest BCUT2D eigenvalue weighted by Crippen LogP contribution is 2.04. The van der Waals surface area contributed by atoms with E-state index in [1.165, 1.54) is 0 Å². The topological polar surface area (TPSA) is 0 Å². The zero-order valence-electron chi connectivity index (χ0n) is 4.26. The maximum absolute atomic E-state index is 3.11. The third-order valence-electron chi connectivity index (χ3n) is 0.883. The highest BCUT2D eigenvalue weighted by atomic mass is 79.9. The summed E-state index contributed by atoms with van der Waals surface area (Å²) in [6.07, 6.45) is 0. The van der Waals surface area contributed by atoms with Crippen LogP contribution in [0, 0.1) is 5.33 Å². The second-order valence-electron chi connectivity index (χ2n) is 1.46. The van der Waals surface area contributed by atoms with E-state index in [4.69, 9.17) is 0 Å². The Balaban J connectivity index is 2.83. The van der Waals surface area contributed by atoms with Crippen molar-refractivity contribution >= 4 is 15.9 Å². The predicted octanol–water partition coefficient (Wildman–Crippen LogP) is 2.47. The van der Waals surface area contributed by atoms with E-state index in [0.717, 1.165) is 5.56 Å². The van der Waals surface area contributed by atoms with Gasteiger partial charge < -0.3 is 0 Å². The molecule has 0 fully saturated rings. The van der Waals surface area contributed by atoms with Crippen LogP contribution in [0.15, 0.2) is 30.3 Å². The molecule has 0 bridgehead atoms. The van der Waals surface area contributed by atoms with Gasteiger partial charge in [-0.25, -0.2) is 0 Å². The SMILES string of the molecule is Br[C]c1ccccc1. The molecular formula is C7H5Br. The van der Waals surface area contributed by atoms with E-state index in [-0.39, 0.29) is 0 Å². The summed E-state index contributed by atoms with van der Waals surface area (Å²) in [6, 6.07) is 9.89. The third kappa shape index (κ3) is 1.34. The maximum atomic E-state index is 3.11. The molecule has 0 aliphatic carbocycles. The van der Waals surface area contributed by atoms with Crippen molar-refractivity contribution in [1.29, 1.82) is 0 Å². The molecule has 0 unspecified atom stereocenters. The molecule has 0 saturated heterocycles. The van der Waals surface area contributed by atoms with Crippen LogP contribution in [0.4, 0.5) is 0 Å². The smallest absolute Gasteiger partial charge is 0.0761 e. The molecule has 0 atom stereocenters. The van der Waals surface area contributed by atoms with Crippen molar-refractivity contribution in [2.75, 3.05) is 0 Å². The maximum Gasteiger partial charge on any atom is 0.0928 e. The number of halogens is 1. The van der Waals surface area contributed by atoms with Crippen LogP contribution in [0.3, 0.4) is 0 Å². The van der Waals surface area contributed by atoms with Crippen molar-refractivity contribution < 1.29 is 0 Å². The molecule has 1 rings (SSSR count). The quantitative estimate of drug-likeness (QED) is 0.605. The van der Waals surface area contributed by atoms with E-state index in [2.05, 4.69) is 21.3 Å². The third-order valence-corrected chi connectivity index (χ3v) is 1.34. The molecule has 0 aliphatic heterocycles. The molecule has 0 spiro atoms. The minimum atomic E-state index is 1.08. The lowest BCUT2D eigenvalue weighted by atomic mass is 10.2. The summed E-state index contributed by atoms with van der Waals surface area (Å²) in [7, 11) is 0. The Hall–Kier alpha value is -0.300. The van der Waals surface area contributed by atoms with E-state index in [1.54, 1.807) is 0 Å². The summed E-state index contributed by atoms with van der Waals surface area (Å²) in [6.45, 7) is 0. The lowest BCUT2D eigenvalue weighted by Crippen LogP contribution is -1.68. The first kappa shape index (κ1) is 5.83. The van der Waals surface area contributed by atoms with Gasteiger partial charge in [0.2, 0.25) is 0 Å². The number of benzene rings is 1. The van der Waals surface area contributed by atoms with Crippen LogP contribution in [0.25, 0.3) is 0 Å². The monoisotopic (exact) mass is 168 g/mol. The molecule has 0 N–H and O–H groups in total. The number of hydrogen-bond acceptors (Lipinski definition) is 0. The van der Waals surface area contributed by atoms with Gasteiger partial charge in [0.25, 0.3) is 0 Å². The molecular weight excluding hydrogens is 164 g/mol. The van der Waals surface area contributed by atoms with Gasteiger partial charge in [0.1, 0.15) is 0 Å². The molecule has 1 aromatic rings. The molecule has 0 aliphatic rings. The Kier molecular flexibility index (Phi) is 2.10. The molecule has 0 heterocycles. The Labute approximate surface area is 57.7 Å². The highest BCUT2D eigenvalue weighted by molar-refractivity contribution is 9.10. The molecule has 0 saturated carbocycles. The van der Waals surface area contributed by atoms with Crippen LogP contribution in [-0.2, 0) is 0 Å². The van der Waals surface area contributed by atoms with Crippen molar-refractivity contribution in [2.45, 2.75) is 0 Å². The highest BCUT2D eigenvalue weighted by Gasteiger charge is 1.83. The van der Waals surface area contributed by atoms with Gasteiger partial charge in [0.05, 0.1) is 5.33 Å². The number of hydrogen-bond donors (Lipinski definition) is 0. The molecule has 2 radical (unpaired) electrons. The molecule has 0 nitrogen and oxygen atoms in total. The van der Waals surface area contributed by atoms with Gasteiger partial charge in [-0.1, -0.05) is 46.3 Å². The fourth-order valence-corrected chi connectivity index (χ4v) is 0.765. The molecule has 0 aromatic heterocycles. The van der Waals surface area contributed by atoms with Gasteiger partial charge in [-0.05, 0) is 5.56 Å². The minimum absolute atomic E-state index is 1.08. The number of rotatable bonds is 1. The zero-order chi connectivity index (χ0) is 5.82. The summed E-state index contributed by atoms with van der Waals surface area (Å²) in [4.78, 5) is 0. The summed E-state index contributed by atoms with van der Waals surface area (Å²) in [5, 5.41) is 2.84. The lowest BCUT2D eigenvalue weighted by Gasteiger charge is -1.87. The average molecular weight is 169 g/mol. The molecule has 1 heteroatoms. The van der Waals surface area contributed by atoms with Crippen molar-refractivity contribution in [2.24, 2.45) is 0 Å². The van der Waals surface area contributed by atoms with Crippen molar-refractivity contribution in [3.05, 3.63) is 41.2 Å². The fourth-order valence-electron chi connectivity index (χ4n) is 0.501. The van der Waals surface area contributed by atoms with Crippen LogP contribution in [0.1, 0.15) is 5.56 Å². The van der Waals surface area contributed by atoms with Gasteiger partial charge in [-0.3, -0.25) is 0 Å². The minimum Gasteiger partial charge on any atom is -0.0761 e. The summed E-state index contributed by atoms with van der Waals surface area (Å²) in [5.41, 5.74) is 1.08. The van der Waals surface area contributed by atoms with Crippen LogP contribution in [-0.4, -0.2) is 0 Å². The molecule has 1 aromatic carbocycles. The van der Waals surface area contributed by atoms with E-state index in [0.29, 0.717) is 0 Å². The lowest BCUT2D eigenvalue weighted by molar-refractivity contribution is 1.60. The van der Waals surface area contributed by atoms with Gasteiger partial charge in [-0.15, -0.1) is 0 Å². The predicted molar refractivity (Wildman–Crippen MR) is 37.7 cm³/mol. The zero-order valence-corrected chi connectivity index (χ0v) is 5.85. The van der Waals surface area contributed by atoms with Gasteiger partial charge in [0, 0.05) is 0 Å². The second-order valence-corrected chi connectivity index (χ2v) is 1.86. The largest absolute Gasteiger partial charge is 0.0928 e. The molecule has 8 heavy (non-hydrogen) atoms. The average Bonchev–Trinajstić information content (AvgIpc) is 1.90. The van der Waals surface area contributed by atoms with Crippen LogP contribution in [0.2, 0.25) is 0 Å². The van der Waals surface area contributed by atoms with Crippen LogP contribution in [0.5, 0.6) is 0 Å². The van der Waals surface area contributed by atoms with Gasteiger partial charge in [-0.2, -0.15) is 0 Å². The van der Waals surface area contributed by atoms with E-state index >= 15 is 0 Å². The fraction of sp³-hybridized carbons (Fsp3) is 0. The van der Waals surface area contributed by atoms with Crippen LogP contribution < -0.4 is 0 Å².